The molecule has 7 aromatic rings. The Hall–Kier alpha value is -10.5. The summed E-state index contributed by atoms with van der Waals surface area (Å²) >= 11 is 0. The zero-order chi connectivity index (χ0) is 71.6. The van der Waals surface area contributed by atoms with Crippen molar-refractivity contribution in [3.63, 3.8) is 0 Å². The Balaban J connectivity index is 1.06. The van der Waals surface area contributed by atoms with Gasteiger partial charge < -0.3 is 75.8 Å². The van der Waals surface area contributed by atoms with Crippen LogP contribution in [0.3, 0.4) is 0 Å². The lowest BCUT2D eigenvalue weighted by atomic mass is 9.80. The summed E-state index contributed by atoms with van der Waals surface area (Å²) in [5.41, 5.74) is 0.608. The molecule has 10 rings (SSSR count). The first kappa shape index (κ1) is 73.2. The molecule has 3 saturated heterocycles. The Labute approximate surface area is 580 Å². The van der Waals surface area contributed by atoms with Crippen molar-refractivity contribution in [2.45, 2.75) is 132 Å². The molecule has 101 heavy (non-hydrogen) atoms. The maximum absolute atomic E-state index is 14.5. The van der Waals surface area contributed by atoms with Crippen molar-refractivity contribution in [1.82, 2.24) is 0 Å². The number of methoxy groups -OCH3 is 1. The monoisotopic (exact) mass is 1390 g/mol. The molecule has 25 nitrogen and oxygen atoms in total. The lowest BCUT2D eigenvalue weighted by Gasteiger charge is -2.49. The average Bonchev–Trinajstić information content (AvgIpc) is 0.759. The van der Waals surface area contributed by atoms with Gasteiger partial charge in [0.15, 0.2) is 67.7 Å². The van der Waals surface area contributed by atoms with Gasteiger partial charge in [-0.25, -0.2) is 19.2 Å². The molecule has 3 aliphatic heterocycles. The third-order valence-electron chi connectivity index (χ3n) is 16.4. The first-order valence-corrected chi connectivity index (χ1v) is 32.2. The Morgan fingerprint density at radius 3 is 1.01 bits per heavy atom. The number of carbonyl (C=O) groups is 9. The van der Waals surface area contributed by atoms with Crippen LogP contribution in [0, 0.1) is 0 Å². The van der Waals surface area contributed by atoms with Crippen LogP contribution in [0.15, 0.2) is 212 Å². The van der Waals surface area contributed by atoms with Crippen LogP contribution in [0.4, 0.5) is 0 Å². The highest BCUT2D eigenvalue weighted by atomic mass is 16.8. The van der Waals surface area contributed by atoms with Gasteiger partial charge in [-0.2, -0.15) is 0 Å². The second kappa shape index (κ2) is 34.5. The van der Waals surface area contributed by atoms with E-state index in [4.69, 9.17) is 75.8 Å². The van der Waals surface area contributed by atoms with E-state index >= 15 is 0 Å². The van der Waals surface area contributed by atoms with Crippen molar-refractivity contribution in [3.05, 3.63) is 251 Å². The van der Waals surface area contributed by atoms with Crippen LogP contribution in [0.2, 0.25) is 0 Å². The summed E-state index contributed by atoms with van der Waals surface area (Å²) < 4.78 is 101. The Kier molecular flexibility index (Phi) is 25.0. The van der Waals surface area contributed by atoms with Gasteiger partial charge in [-0.05, 0) is 65.2 Å². The molecule has 0 spiro atoms. The van der Waals surface area contributed by atoms with Crippen LogP contribution >= 0.6 is 0 Å². The van der Waals surface area contributed by atoms with Gasteiger partial charge in [0.2, 0.25) is 0 Å². The molecule has 3 heterocycles. The van der Waals surface area contributed by atoms with Crippen LogP contribution in [-0.2, 0) is 105 Å². The van der Waals surface area contributed by atoms with E-state index in [-0.39, 0.29) is 22.3 Å². The number of rotatable bonds is 26. The normalized spacial score (nSPS) is 24.8. The van der Waals surface area contributed by atoms with Gasteiger partial charge in [-0.3, -0.25) is 24.0 Å². The molecule has 3 fully saturated rings. The van der Waals surface area contributed by atoms with Crippen LogP contribution in [0.1, 0.15) is 92.7 Å². The number of benzene rings is 7. The number of esters is 9. The Morgan fingerprint density at radius 1 is 0.307 bits per heavy atom. The smallest absolute Gasteiger partial charge is 0.338 e. The van der Waals surface area contributed by atoms with Crippen molar-refractivity contribution < 1.29 is 119 Å². The molecule has 0 N–H and O–H groups in total. The summed E-state index contributed by atoms with van der Waals surface area (Å²) in [7, 11) is 1.18. The van der Waals surface area contributed by atoms with E-state index < -0.39 is 171 Å². The number of hydrogen-bond donors (Lipinski definition) is 0. The fourth-order valence-corrected chi connectivity index (χ4v) is 12.1. The van der Waals surface area contributed by atoms with Gasteiger partial charge in [0, 0.05) is 41.7 Å². The standard InChI is InChI=1S/C76H74O25/c1-45(77)90-60-58(43-88-74-67(100-72(85)53-34-20-10-21-35-53)64(99-71(84)52-32-18-9-19-33-52)62(98-70(83)51-30-16-8-17-31-51)57(96-74)42-87-69(82)50-28-14-7-15-29-50)95-73(86-6)66(93-48(4)80)65(60)101-75-68(94-49(5)81)63(92-47(3)79)61(91-46(2)78)59(97-75)44-89-76(54-36-22-11-23-37-54,55-38-24-12-25-39-55)56-40-26-13-27-41-56/h7-41,57-68,73-75H,42-44H2,1-6H3/t57-,58-,59-,60-,61-,62-,63+,64+,65+,66+,67+,68+,73+,74+,75-/m1/s1. The molecule has 0 bridgehead atoms. The Morgan fingerprint density at radius 2 is 0.594 bits per heavy atom. The topological polar surface area (TPSA) is 301 Å². The lowest BCUT2D eigenvalue weighted by molar-refractivity contribution is -0.366. The van der Waals surface area contributed by atoms with E-state index in [2.05, 4.69) is 0 Å². The minimum absolute atomic E-state index is 0.000995. The number of ether oxygens (including phenoxy) is 16. The van der Waals surface area contributed by atoms with Crippen LogP contribution < -0.4 is 0 Å². The molecular weight excluding hydrogens is 1310 g/mol. The molecule has 3 aliphatic rings. The minimum atomic E-state index is -2.00. The molecule has 0 radical (unpaired) electrons. The third-order valence-corrected chi connectivity index (χ3v) is 16.4. The van der Waals surface area contributed by atoms with Gasteiger partial charge in [0.25, 0.3) is 0 Å². The molecule has 0 amide bonds. The highest BCUT2D eigenvalue weighted by Crippen LogP contribution is 2.43. The molecule has 528 valence electrons. The van der Waals surface area contributed by atoms with Crippen molar-refractivity contribution in [2.24, 2.45) is 0 Å². The largest absolute Gasteiger partial charge is 0.459 e. The number of carbonyl (C=O) groups excluding carboxylic acids is 9. The molecular formula is C76H74O25. The summed E-state index contributed by atoms with van der Waals surface area (Å²) in [5, 5.41) is 0. The van der Waals surface area contributed by atoms with E-state index in [1.807, 2.05) is 91.0 Å². The first-order chi connectivity index (χ1) is 48.8. The second-order valence-electron chi connectivity index (χ2n) is 23.4. The van der Waals surface area contributed by atoms with Crippen LogP contribution in [-0.4, -0.2) is 173 Å². The molecule has 0 aliphatic carbocycles. The molecule has 0 unspecified atom stereocenters. The van der Waals surface area contributed by atoms with Gasteiger partial charge in [0.1, 0.15) is 36.6 Å². The third kappa shape index (κ3) is 18.3. The fourth-order valence-electron chi connectivity index (χ4n) is 12.1. The number of hydrogen-bond acceptors (Lipinski definition) is 25. The zero-order valence-electron chi connectivity index (χ0n) is 55.7. The summed E-state index contributed by atoms with van der Waals surface area (Å²) in [6, 6.07) is 58.5. The summed E-state index contributed by atoms with van der Waals surface area (Å²) in [6.45, 7) is 3.20. The lowest BCUT2D eigenvalue weighted by Crippen LogP contribution is -2.67. The molecule has 7 aromatic carbocycles. The Bertz CT molecular complexity index is 3830. The molecule has 25 heteroatoms. The van der Waals surface area contributed by atoms with Gasteiger partial charge in [-0.1, -0.05) is 164 Å². The van der Waals surface area contributed by atoms with E-state index in [0.29, 0.717) is 16.7 Å². The molecule has 0 aromatic heterocycles. The quantitative estimate of drug-likeness (QED) is 0.0279. The zero-order valence-corrected chi connectivity index (χ0v) is 55.7. The van der Waals surface area contributed by atoms with Crippen molar-refractivity contribution >= 4 is 53.7 Å². The highest BCUT2D eigenvalue weighted by Gasteiger charge is 2.60. The van der Waals surface area contributed by atoms with Gasteiger partial charge in [-0.15, -0.1) is 0 Å². The summed E-state index contributed by atoms with van der Waals surface area (Å²) in [6.07, 6.45) is -26.9. The molecule has 0 saturated carbocycles. The van der Waals surface area contributed by atoms with Crippen molar-refractivity contribution in [1.29, 1.82) is 0 Å². The van der Waals surface area contributed by atoms with Crippen molar-refractivity contribution in [3.8, 4) is 0 Å². The first-order valence-electron chi connectivity index (χ1n) is 32.2. The fraction of sp³-hybridized carbons (Fsp3) is 0.329. The molecule has 15 atom stereocenters. The van der Waals surface area contributed by atoms with Crippen LogP contribution in [0.25, 0.3) is 0 Å². The van der Waals surface area contributed by atoms with Crippen LogP contribution in [0.5, 0.6) is 0 Å². The van der Waals surface area contributed by atoms with E-state index in [1.165, 1.54) is 55.6 Å². The van der Waals surface area contributed by atoms with Gasteiger partial charge in [0.05, 0.1) is 35.5 Å². The minimum Gasteiger partial charge on any atom is -0.459 e. The van der Waals surface area contributed by atoms with E-state index in [0.717, 1.165) is 34.6 Å². The average molecular weight is 1390 g/mol. The van der Waals surface area contributed by atoms with Crippen molar-refractivity contribution in [2.75, 3.05) is 26.9 Å². The summed E-state index contributed by atoms with van der Waals surface area (Å²) in [4.78, 5) is 124. The van der Waals surface area contributed by atoms with E-state index in [1.54, 1.807) is 72.8 Å². The SMILES string of the molecule is CO[C@H]1O[C@H](CO[C@H]2O[C@H](COC(=O)c3ccccc3)[C@@H](OC(=O)c3ccccc3)[C@H](OC(=O)c3ccccc3)[C@@H]2OC(=O)c2ccccc2)[C@@H](OC(C)=O)[C@H](O[C@H]2O[C@H](COC(c3ccccc3)(c3ccccc3)c3ccccc3)[C@@H](OC(C)=O)[C@H](OC(C)=O)[C@@H]2OC(C)=O)[C@@H]1OC(C)=O. The van der Waals surface area contributed by atoms with E-state index in [9.17, 15) is 43.2 Å². The predicted octanol–water partition coefficient (Wildman–Crippen LogP) is 8.41. The summed E-state index contributed by atoms with van der Waals surface area (Å²) in [5.74, 6) is -8.60. The van der Waals surface area contributed by atoms with Gasteiger partial charge >= 0.3 is 53.7 Å². The highest BCUT2D eigenvalue weighted by molar-refractivity contribution is 5.92. The maximum Gasteiger partial charge on any atom is 0.338 e. The second-order valence-corrected chi connectivity index (χ2v) is 23.4. The maximum atomic E-state index is 14.5. The predicted molar refractivity (Wildman–Crippen MR) is 350 cm³/mol.